The summed E-state index contributed by atoms with van der Waals surface area (Å²) < 4.78 is 4.16. The maximum absolute atomic E-state index is 4.62. The molecule has 0 aromatic carbocycles. The van der Waals surface area contributed by atoms with E-state index in [9.17, 15) is 0 Å². The van der Waals surface area contributed by atoms with Crippen LogP contribution in [0.2, 0.25) is 0 Å². The number of rotatable bonds is 7. The number of aryl methyl sites for hydroxylation is 1. The van der Waals surface area contributed by atoms with E-state index in [1.807, 2.05) is 6.20 Å². The number of hydrogen-bond acceptors (Lipinski definition) is 3. The van der Waals surface area contributed by atoms with Gasteiger partial charge in [-0.15, -0.1) is 12.4 Å². The molecule has 0 aliphatic heterocycles. The highest BCUT2D eigenvalue weighted by atomic mass is 35.5. The molecule has 0 fully saturated rings. The molecule has 6 heteroatoms. The fourth-order valence-electron chi connectivity index (χ4n) is 2.36. The summed E-state index contributed by atoms with van der Waals surface area (Å²) in [5.41, 5.74) is 2.39. The molecule has 5 nitrogen and oxygen atoms in total. The van der Waals surface area contributed by atoms with Gasteiger partial charge in [-0.25, -0.2) is 0 Å². The minimum Gasteiger partial charge on any atom is -0.363 e. The molecule has 0 saturated heterocycles. The number of hydrogen-bond donors (Lipinski definition) is 1. The molecule has 1 unspecified atom stereocenters. The molecule has 0 bridgehead atoms. The van der Waals surface area contributed by atoms with Gasteiger partial charge in [0.05, 0.1) is 12.2 Å². The quantitative estimate of drug-likeness (QED) is 0.835. The first-order chi connectivity index (χ1) is 10.0. The van der Waals surface area contributed by atoms with Crippen LogP contribution in [0.15, 0.2) is 18.3 Å². The molecule has 0 spiro atoms. The van der Waals surface area contributed by atoms with Crippen molar-refractivity contribution in [1.82, 2.24) is 19.6 Å². The molecule has 0 aliphatic carbocycles. The summed E-state index contributed by atoms with van der Waals surface area (Å²) in [6.07, 6.45) is 2.95. The number of nitrogens with zero attached hydrogens (tertiary/aromatic N) is 4. The van der Waals surface area contributed by atoms with E-state index in [0.717, 1.165) is 25.3 Å². The highest BCUT2D eigenvalue weighted by Crippen LogP contribution is 2.15. The molecule has 2 rings (SSSR count). The average Bonchev–Trinajstić information content (AvgIpc) is 3.02. The first-order valence-corrected chi connectivity index (χ1v) is 7.82. The lowest BCUT2D eigenvalue weighted by atomic mass is 10.2. The molecule has 22 heavy (non-hydrogen) atoms. The second-order valence-electron chi connectivity index (χ2n) is 6.12. The van der Waals surface area contributed by atoms with Gasteiger partial charge >= 0.3 is 0 Å². The molecule has 0 amide bonds. The van der Waals surface area contributed by atoms with Crippen LogP contribution in [0, 0.1) is 12.8 Å². The van der Waals surface area contributed by atoms with Gasteiger partial charge in [-0.05, 0) is 32.3 Å². The van der Waals surface area contributed by atoms with Gasteiger partial charge in [0.15, 0.2) is 0 Å². The summed E-state index contributed by atoms with van der Waals surface area (Å²) in [5, 5.41) is 12.4. The van der Waals surface area contributed by atoms with Gasteiger partial charge in [0.2, 0.25) is 0 Å². The Bertz CT molecular complexity index is 573. The van der Waals surface area contributed by atoms with Crippen LogP contribution in [-0.4, -0.2) is 19.6 Å². The van der Waals surface area contributed by atoms with Gasteiger partial charge in [0.25, 0.3) is 0 Å². The largest absolute Gasteiger partial charge is 0.363 e. The molecule has 0 radical (unpaired) electrons. The molecular weight excluding hydrogens is 298 g/mol. The van der Waals surface area contributed by atoms with Crippen molar-refractivity contribution in [1.29, 1.82) is 0 Å². The highest BCUT2D eigenvalue weighted by Gasteiger charge is 2.10. The van der Waals surface area contributed by atoms with Crippen molar-refractivity contribution in [3.8, 4) is 0 Å². The highest BCUT2D eigenvalue weighted by molar-refractivity contribution is 5.85. The standard InChI is InChI=1S/C16H27N5.ClH/c1-6-13(4)21-15(7-8-18-21)10-17-16-9-14(5)20(19-16)11-12(2)3;/h7-9,12-13H,6,10-11H2,1-5H3,(H,17,19);1H. The minimum atomic E-state index is 0. The van der Waals surface area contributed by atoms with Crippen LogP contribution in [0.5, 0.6) is 0 Å². The predicted octanol–water partition coefficient (Wildman–Crippen LogP) is 4.05. The summed E-state index contributed by atoms with van der Waals surface area (Å²) in [6.45, 7) is 12.6. The van der Waals surface area contributed by atoms with Crippen LogP contribution in [0.3, 0.4) is 0 Å². The molecule has 1 atom stereocenters. The van der Waals surface area contributed by atoms with Gasteiger partial charge in [0.1, 0.15) is 5.82 Å². The lowest BCUT2D eigenvalue weighted by molar-refractivity contribution is 0.462. The van der Waals surface area contributed by atoms with Gasteiger partial charge in [-0.3, -0.25) is 9.36 Å². The third kappa shape index (κ3) is 4.50. The predicted molar refractivity (Wildman–Crippen MR) is 93.6 cm³/mol. The number of halogens is 1. The monoisotopic (exact) mass is 325 g/mol. The molecule has 124 valence electrons. The van der Waals surface area contributed by atoms with E-state index in [1.54, 1.807) is 0 Å². The van der Waals surface area contributed by atoms with Crippen molar-refractivity contribution >= 4 is 18.2 Å². The Labute approximate surface area is 139 Å². The summed E-state index contributed by atoms with van der Waals surface area (Å²) in [7, 11) is 0. The molecular formula is C16H28ClN5. The molecule has 2 heterocycles. The van der Waals surface area contributed by atoms with E-state index in [2.05, 4.69) is 71.6 Å². The Hall–Kier alpha value is -1.49. The summed E-state index contributed by atoms with van der Waals surface area (Å²) >= 11 is 0. The van der Waals surface area contributed by atoms with Crippen molar-refractivity contribution in [2.45, 2.75) is 60.2 Å². The van der Waals surface area contributed by atoms with Gasteiger partial charge < -0.3 is 5.32 Å². The summed E-state index contributed by atoms with van der Waals surface area (Å²) in [4.78, 5) is 0. The molecule has 0 aliphatic rings. The van der Waals surface area contributed by atoms with Crippen LogP contribution < -0.4 is 5.32 Å². The summed E-state index contributed by atoms with van der Waals surface area (Å²) in [6, 6.07) is 4.60. The first kappa shape index (κ1) is 18.6. The zero-order valence-corrected chi connectivity index (χ0v) is 15.0. The zero-order valence-electron chi connectivity index (χ0n) is 14.2. The normalized spacial score (nSPS) is 12.3. The van der Waals surface area contributed by atoms with E-state index in [-0.39, 0.29) is 12.4 Å². The number of aromatic nitrogens is 4. The zero-order chi connectivity index (χ0) is 15.4. The third-order valence-electron chi connectivity index (χ3n) is 3.73. The van der Waals surface area contributed by atoms with Gasteiger partial charge in [-0.1, -0.05) is 20.8 Å². The average molecular weight is 326 g/mol. The smallest absolute Gasteiger partial charge is 0.148 e. The van der Waals surface area contributed by atoms with Crippen molar-refractivity contribution in [3.05, 3.63) is 29.7 Å². The lowest BCUT2D eigenvalue weighted by Gasteiger charge is -2.14. The molecule has 2 aromatic rings. The topological polar surface area (TPSA) is 47.7 Å². The molecule has 1 N–H and O–H groups in total. The van der Waals surface area contributed by atoms with Crippen LogP contribution in [0.1, 0.15) is 51.5 Å². The Morgan fingerprint density at radius 1 is 1.27 bits per heavy atom. The van der Waals surface area contributed by atoms with Crippen molar-refractivity contribution < 1.29 is 0 Å². The van der Waals surface area contributed by atoms with Crippen molar-refractivity contribution in [2.24, 2.45) is 5.92 Å². The number of nitrogens with one attached hydrogen (secondary N) is 1. The lowest BCUT2D eigenvalue weighted by Crippen LogP contribution is -2.13. The Morgan fingerprint density at radius 3 is 2.64 bits per heavy atom. The second-order valence-corrected chi connectivity index (χ2v) is 6.12. The fraction of sp³-hybridized carbons (Fsp3) is 0.625. The first-order valence-electron chi connectivity index (χ1n) is 7.82. The second kappa shape index (κ2) is 8.22. The van der Waals surface area contributed by atoms with Gasteiger partial charge in [-0.2, -0.15) is 10.2 Å². The van der Waals surface area contributed by atoms with E-state index < -0.39 is 0 Å². The van der Waals surface area contributed by atoms with E-state index in [4.69, 9.17) is 0 Å². The minimum absolute atomic E-state index is 0. The van der Waals surface area contributed by atoms with Crippen molar-refractivity contribution in [2.75, 3.05) is 5.32 Å². The van der Waals surface area contributed by atoms with E-state index >= 15 is 0 Å². The summed E-state index contributed by atoms with van der Waals surface area (Å²) in [5.74, 6) is 1.54. The molecule has 0 saturated carbocycles. The van der Waals surface area contributed by atoms with Crippen LogP contribution >= 0.6 is 12.4 Å². The fourth-order valence-corrected chi connectivity index (χ4v) is 2.36. The Kier molecular flexibility index (Phi) is 6.94. The Morgan fingerprint density at radius 2 is 2.00 bits per heavy atom. The Balaban J connectivity index is 0.00000242. The van der Waals surface area contributed by atoms with Crippen LogP contribution in [-0.2, 0) is 13.1 Å². The van der Waals surface area contributed by atoms with E-state index in [1.165, 1.54) is 11.4 Å². The maximum atomic E-state index is 4.62. The van der Waals surface area contributed by atoms with Crippen LogP contribution in [0.4, 0.5) is 5.82 Å². The van der Waals surface area contributed by atoms with Crippen LogP contribution in [0.25, 0.3) is 0 Å². The van der Waals surface area contributed by atoms with E-state index in [0.29, 0.717) is 12.0 Å². The third-order valence-corrected chi connectivity index (χ3v) is 3.73. The maximum Gasteiger partial charge on any atom is 0.148 e. The number of anilines is 1. The molecule has 2 aromatic heterocycles. The SMILES string of the molecule is CCC(C)n1nccc1CNc1cc(C)n(CC(C)C)n1.Cl. The van der Waals surface area contributed by atoms with Crippen molar-refractivity contribution in [3.63, 3.8) is 0 Å². The van der Waals surface area contributed by atoms with Gasteiger partial charge in [0, 0.05) is 30.5 Å².